The highest BCUT2D eigenvalue weighted by molar-refractivity contribution is 6.31. The summed E-state index contributed by atoms with van der Waals surface area (Å²) in [6.07, 6.45) is 0. The molecule has 0 aliphatic carbocycles. The highest BCUT2D eigenvalue weighted by atomic mass is 35.5. The summed E-state index contributed by atoms with van der Waals surface area (Å²) in [6, 6.07) is 4.04. The van der Waals surface area contributed by atoms with Crippen LogP contribution in [-0.4, -0.2) is 38.2 Å². The SMILES string of the molecule is COc1cc(Cl)c(C)cc1CN1CCNCC1. The molecular formula is C13H19ClN2O. The van der Waals surface area contributed by atoms with Gasteiger partial charge >= 0.3 is 0 Å². The van der Waals surface area contributed by atoms with Gasteiger partial charge in [-0.2, -0.15) is 0 Å². The summed E-state index contributed by atoms with van der Waals surface area (Å²) in [5.41, 5.74) is 2.33. The van der Waals surface area contributed by atoms with Crippen molar-refractivity contribution in [1.29, 1.82) is 0 Å². The molecule has 0 aromatic heterocycles. The molecule has 0 bridgehead atoms. The zero-order chi connectivity index (χ0) is 12.3. The summed E-state index contributed by atoms with van der Waals surface area (Å²) < 4.78 is 5.40. The van der Waals surface area contributed by atoms with E-state index in [1.165, 1.54) is 5.56 Å². The molecule has 3 nitrogen and oxygen atoms in total. The third kappa shape index (κ3) is 3.12. The van der Waals surface area contributed by atoms with Crippen molar-refractivity contribution < 1.29 is 4.74 Å². The highest BCUT2D eigenvalue weighted by Gasteiger charge is 2.13. The van der Waals surface area contributed by atoms with E-state index in [1.807, 2.05) is 13.0 Å². The van der Waals surface area contributed by atoms with E-state index in [0.29, 0.717) is 0 Å². The van der Waals surface area contributed by atoms with E-state index in [9.17, 15) is 0 Å². The second-order valence-corrected chi connectivity index (χ2v) is 4.85. The molecule has 0 spiro atoms. The van der Waals surface area contributed by atoms with Crippen LogP contribution in [0.2, 0.25) is 5.02 Å². The highest BCUT2D eigenvalue weighted by Crippen LogP contribution is 2.27. The standard InChI is InChI=1S/C13H19ClN2O/c1-10-7-11(13(17-2)8-12(10)14)9-16-5-3-15-4-6-16/h7-8,15H,3-6,9H2,1-2H3. The minimum absolute atomic E-state index is 0.769. The zero-order valence-electron chi connectivity index (χ0n) is 10.4. The van der Waals surface area contributed by atoms with Crippen molar-refractivity contribution in [2.45, 2.75) is 13.5 Å². The van der Waals surface area contributed by atoms with E-state index in [2.05, 4.69) is 16.3 Å². The summed E-state index contributed by atoms with van der Waals surface area (Å²) in [6.45, 7) is 7.27. The molecule has 1 saturated heterocycles. The molecule has 0 amide bonds. The maximum Gasteiger partial charge on any atom is 0.124 e. The van der Waals surface area contributed by atoms with Crippen molar-refractivity contribution in [2.24, 2.45) is 0 Å². The number of halogens is 1. The maximum absolute atomic E-state index is 6.10. The minimum Gasteiger partial charge on any atom is -0.496 e. The second-order valence-electron chi connectivity index (χ2n) is 4.44. The summed E-state index contributed by atoms with van der Waals surface area (Å²) in [5, 5.41) is 4.12. The van der Waals surface area contributed by atoms with Crippen LogP contribution in [0.25, 0.3) is 0 Å². The Bertz CT molecular complexity index is 389. The number of hydrogen-bond acceptors (Lipinski definition) is 3. The van der Waals surface area contributed by atoms with Gasteiger partial charge in [-0.3, -0.25) is 4.90 Å². The van der Waals surface area contributed by atoms with Crippen LogP contribution >= 0.6 is 11.6 Å². The van der Waals surface area contributed by atoms with Crippen LogP contribution in [-0.2, 0) is 6.54 Å². The van der Waals surface area contributed by atoms with Gasteiger partial charge in [-0.15, -0.1) is 0 Å². The van der Waals surface area contributed by atoms with E-state index in [-0.39, 0.29) is 0 Å². The van der Waals surface area contributed by atoms with E-state index < -0.39 is 0 Å². The van der Waals surface area contributed by atoms with Crippen LogP contribution in [0.1, 0.15) is 11.1 Å². The first-order valence-corrected chi connectivity index (χ1v) is 6.34. The monoisotopic (exact) mass is 254 g/mol. The largest absolute Gasteiger partial charge is 0.496 e. The van der Waals surface area contributed by atoms with Crippen LogP contribution in [0.3, 0.4) is 0 Å². The van der Waals surface area contributed by atoms with Crippen LogP contribution in [0.4, 0.5) is 0 Å². The fourth-order valence-corrected chi connectivity index (χ4v) is 2.30. The van der Waals surface area contributed by atoms with Gasteiger partial charge in [0, 0.05) is 43.3 Å². The average Bonchev–Trinajstić information content (AvgIpc) is 2.35. The number of rotatable bonds is 3. The fraction of sp³-hybridized carbons (Fsp3) is 0.538. The maximum atomic E-state index is 6.10. The van der Waals surface area contributed by atoms with Crippen molar-refractivity contribution >= 4 is 11.6 Å². The molecule has 1 aromatic rings. The molecule has 1 heterocycles. The number of nitrogens with zero attached hydrogens (tertiary/aromatic N) is 1. The predicted octanol–water partition coefficient (Wildman–Crippen LogP) is 2.06. The fourth-order valence-electron chi connectivity index (χ4n) is 2.15. The Labute approximate surface area is 108 Å². The molecule has 0 unspecified atom stereocenters. The van der Waals surface area contributed by atoms with E-state index in [4.69, 9.17) is 16.3 Å². The molecule has 1 fully saturated rings. The number of ether oxygens (including phenoxy) is 1. The molecular weight excluding hydrogens is 236 g/mol. The van der Waals surface area contributed by atoms with Gasteiger partial charge in [0.15, 0.2) is 0 Å². The Hall–Kier alpha value is -0.770. The Morgan fingerprint density at radius 3 is 2.71 bits per heavy atom. The zero-order valence-corrected chi connectivity index (χ0v) is 11.2. The van der Waals surface area contributed by atoms with Crippen molar-refractivity contribution in [2.75, 3.05) is 33.3 Å². The molecule has 1 N–H and O–H groups in total. The Morgan fingerprint density at radius 1 is 1.35 bits per heavy atom. The third-order valence-electron chi connectivity index (χ3n) is 3.17. The van der Waals surface area contributed by atoms with Gasteiger partial charge in [0.25, 0.3) is 0 Å². The number of hydrogen-bond donors (Lipinski definition) is 1. The number of benzene rings is 1. The number of piperazine rings is 1. The summed E-state index contributed by atoms with van der Waals surface area (Å²) in [7, 11) is 1.70. The summed E-state index contributed by atoms with van der Waals surface area (Å²) in [5.74, 6) is 0.888. The van der Waals surface area contributed by atoms with Crippen LogP contribution in [0.15, 0.2) is 12.1 Å². The lowest BCUT2D eigenvalue weighted by Gasteiger charge is -2.28. The predicted molar refractivity (Wildman–Crippen MR) is 70.9 cm³/mol. The summed E-state index contributed by atoms with van der Waals surface area (Å²) in [4.78, 5) is 2.43. The van der Waals surface area contributed by atoms with Gasteiger partial charge in [0.05, 0.1) is 7.11 Å². The van der Waals surface area contributed by atoms with Crippen LogP contribution in [0, 0.1) is 6.92 Å². The van der Waals surface area contributed by atoms with Crippen molar-refractivity contribution in [1.82, 2.24) is 10.2 Å². The number of nitrogens with one attached hydrogen (secondary N) is 1. The smallest absolute Gasteiger partial charge is 0.124 e. The molecule has 0 atom stereocenters. The van der Waals surface area contributed by atoms with Crippen molar-refractivity contribution in [3.63, 3.8) is 0 Å². The van der Waals surface area contributed by atoms with E-state index >= 15 is 0 Å². The lowest BCUT2D eigenvalue weighted by Crippen LogP contribution is -2.42. The van der Waals surface area contributed by atoms with Gasteiger partial charge in [-0.05, 0) is 24.6 Å². The lowest BCUT2D eigenvalue weighted by atomic mass is 10.1. The van der Waals surface area contributed by atoms with Crippen LogP contribution in [0.5, 0.6) is 5.75 Å². The lowest BCUT2D eigenvalue weighted by molar-refractivity contribution is 0.230. The third-order valence-corrected chi connectivity index (χ3v) is 3.57. The normalized spacial score (nSPS) is 17.1. The minimum atomic E-state index is 0.769. The Morgan fingerprint density at radius 2 is 2.06 bits per heavy atom. The van der Waals surface area contributed by atoms with Gasteiger partial charge in [0.2, 0.25) is 0 Å². The molecule has 1 aromatic carbocycles. The first-order chi connectivity index (χ1) is 8.20. The molecule has 0 radical (unpaired) electrons. The molecule has 4 heteroatoms. The van der Waals surface area contributed by atoms with Gasteiger partial charge < -0.3 is 10.1 Å². The van der Waals surface area contributed by atoms with Crippen molar-refractivity contribution in [3.8, 4) is 5.75 Å². The van der Waals surface area contributed by atoms with Crippen molar-refractivity contribution in [3.05, 3.63) is 28.3 Å². The molecule has 17 heavy (non-hydrogen) atoms. The molecule has 1 aliphatic heterocycles. The average molecular weight is 255 g/mol. The van der Waals surface area contributed by atoms with Gasteiger partial charge in [-0.25, -0.2) is 0 Å². The first-order valence-electron chi connectivity index (χ1n) is 5.97. The van der Waals surface area contributed by atoms with E-state index in [1.54, 1.807) is 7.11 Å². The quantitative estimate of drug-likeness (QED) is 0.894. The molecule has 0 saturated carbocycles. The number of methoxy groups -OCH3 is 1. The molecule has 94 valence electrons. The Kier molecular flexibility index (Phi) is 4.26. The second kappa shape index (κ2) is 5.71. The van der Waals surface area contributed by atoms with Gasteiger partial charge in [-0.1, -0.05) is 11.6 Å². The van der Waals surface area contributed by atoms with Gasteiger partial charge in [0.1, 0.15) is 5.75 Å². The molecule has 1 aliphatic rings. The van der Waals surface area contributed by atoms with E-state index in [0.717, 1.165) is 49.1 Å². The number of aryl methyl sites for hydroxylation is 1. The Balaban J connectivity index is 2.15. The molecule has 2 rings (SSSR count). The summed E-state index contributed by atoms with van der Waals surface area (Å²) >= 11 is 6.10. The topological polar surface area (TPSA) is 24.5 Å². The first kappa shape index (κ1) is 12.7. The van der Waals surface area contributed by atoms with Crippen LogP contribution < -0.4 is 10.1 Å².